The summed E-state index contributed by atoms with van der Waals surface area (Å²) in [6.45, 7) is 9.05. The Kier molecular flexibility index (Phi) is 5.74. The van der Waals surface area contributed by atoms with Crippen LogP contribution in [0, 0.1) is 5.92 Å². The highest BCUT2D eigenvalue weighted by Gasteiger charge is 2.22. The minimum atomic E-state index is 0.729. The largest absolute Gasteiger partial charge is 0.315 e. The van der Waals surface area contributed by atoms with Crippen molar-refractivity contribution in [1.82, 2.24) is 10.2 Å². The van der Waals surface area contributed by atoms with Crippen LogP contribution in [0.1, 0.15) is 19.4 Å². The first-order chi connectivity index (χ1) is 9.15. The summed E-state index contributed by atoms with van der Waals surface area (Å²) in [6.07, 6.45) is 1.23. The van der Waals surface area contributed by atoms with Crippen LogP contribution < -0.4 is 5.32 Å². The molecule has 1 N–H and O–H groups in total. The molecular weight excluding hydrogens is 252 g/mol. The molecule has 1 unspecified atom stereocenters. The van der Waals surface area contributed by atoms with E-state index in [1.54, 1.807) is 0 Å². The molecule has 1 aromatic rings. The highest BCUT2D eigenvalue weighted by Crippen LogP contribution is 2.36. The lowest BCUT2D eigenvalue weighted by Crippen LogP contribution is -2.34. The van der Waals surface area contributed by atoms with Crippen LogP contribution in [-0.2, 0) is 6.42 Å². The SMILES string of the molecule is CC(C)CNCCN(C)CC1Cc2ccccc2S1. The second-order valence-electron chi connectivity index (χ2n) is 5.91. The number of thioether (sulfide) groups is 1. The van der Waals surface area contributed by atoms with E-state index in [-0.39, 0.29) is 0 Å². The Morgan fingerprint density at radius 3 is 2.89 bits per heavy atom. The molecule has 106 valence electrons. The highest BCUT2D eigenvalue weighted by molar-refractivity contribution is 8.00. The number of rotatable bonds is 7. The summed E-state index contributed by atoms with van der Waals surface area (Å²) >= 11 is 2.05. The summed E-state index contributed by atoms with van der Waals surface area (Å²) in [5.74, 6) is 0.741. The zero-order valence-corrected chi connectivity index (χ0v) is 13.2. The first kappa shape index (κ1) is 14.9. The molecule has 0 fully saturated rings. The molecule has 2 nitrogen and oxygen atoms in total. The normalized spacial score (nSPS) is 18.3. The van der Waals surface area contributed by atoms with Crippen molar-refractivity contribution in [3.8, 4) is 0 Å². The van der Waals surface area contributed by atoms with Gasteiger partial charge in [0, 0.05) is 29.8 Å². The molecule has 0 bridgehead atoms. The second-order valence-corrected chi connectivity index (χ2v) is 7.25. The molecular formula is C16H26N2S. The number of hydrogen-bond acceptors (Lipinski definition) is 3. The lowest BCUT2D eigenvalue weighted by molar-refractivity contribution is 0.329. The van der Waals surface area contributed by atoms with Crippen molar-refractivity contribution >= 4 is 11.8 Å². The first-order valence-corrected chi connectivity index (χ1v) is 8.17. The van der Waals surface area contributed by atoms with Crippen LogP contribution in [0.4, 0.5) is 0 Å². The van der Waals surface area contributed by atoms with Crippen LogP contribution in [0.5, 0.6) is 0 Å². The molecule has 0 saturated heterocycles. The van der Waals surface area contributed by atoms with Gasteiger partial charge in [-0.25, -0.2) is 0 Å². The van der Waals surface area contributed by atoms with Gasteiger partial charge in [-0.2, -0.15) is 0 Å². The topological polar surface area (TPSA) is 15.3 Å². The predicted octanol–water partition coefficient (Wildman–Crippen LogP) is 2.88. The fraction of sp³-hybridized carbons (Fsp3) is 0.625. The van der Waals surface area contributed by atoms with Gasteiger partial charge in [0.15, 0.2) is 0 Å². The summed E-state index contributed by atoms with van der Waals surface area (Å²) in [5, 5.41) is 4.24. The molecule has 0 amide bonds. The van der Waals surface area contributed by atoms with Crippen LogP contribution in [0.25, 0.3) is 0 Å². The van der Waals surface area contributed by atoms with Crippen LogP contribution in [-0.4, -0.2) is 43.4 Å². The minimum absolute atomic E-state index is 0.729. The van der Waals surface area contributed by atoms with Gasteiger partial charge in [-0.15, -0.1) is 11.8 Å². The van der Waals surface area contributed by atoms with Crippen molar-refractivity contribution in [2.45, 2.75) is 30.4 Å². The lowest BCUT2D eigenvalue weighted by atomic mass is 10.1. The van der Waals surface area contributed by atoms with Gasteiger partial charge in [0.25, 0.3) is 0 Å². The molecule has 1 aliphatic rings. The molecule has 0 aliphatic carbocycles. The molecule has 0 spiro atoms. The van der Waals surface area contributed by atoms with Crippen LogP contribution >= 0.6 is 11.8 Å². The molecule has 1 aliphatic heterocycles. The van der Waals surface area contributed by atoms with Crippen LogP contribution in [0.15, 0.2) is 29.2 Å². The maximum absolute atomic E-state index is 3.51. The van der Waals surface area contributed by atoms with E-state index >= 15 is 0 Å². The number of fused-ring (bicyclic) bond motifs is 1. The Balaban J connectivity index is 1.66. The Morgan fingerprint density at radius 2 is 2.16 bits per heavy atom. The maximum atomic E-state index is 3.51. The number of nitrogens with zero attached hydrogens (tertiary/aromatic N) is 1. The van der Waals surface area contributed by atoms with Gasteiger partial charge in [0.1, 0.15) is 0 Å². The molecule has 0 aromatic heterocycles. The summed E-state index contributed by atoms with van der Waals surface area (Å²) in [5.41, 5.74) is 1.53. The molecule has 1 heterocycles. The standard InChI is InChI=1S/C16H26N2S/c1-13(2)11-17-8-9-18(3)12-15-10-14-6-4-5-7-16(14)19-15/h4-7,13,15,17H,8-12H2,1-3H3. The predicted molar refractivity (Wildman–Crippen MR) is 85.0 cm³/mol. The van der Waals surface area contributed by atoms with Crippen molar-refractivity contribution in [3.05, 3.63) is 29.8 Å². The van der Waals surface area contributed by atoms with Crippen molar-refractivity contribution in [3.63, 3.8) is 0 Å². The van der Waals surface area contributed by atoms with Crippen molar-refractivity contribution in [2.24, 2.45) is 5.92 Å². The fourth-order valence-corrected chi connectivity index (χ4v) is 3.87. The summed E-state index contributed by atoms with van der Waals surface area (Å²) in [4.78, 5) is 3.94. The summed E-state index contributed by atoms with van der Waals surface area (Å²) in [6, 6.07) is 8.83. The Labute approximate surface area is 122 Å². The number of benzene rings is 1. The van der Waals surface area contributed by atoms with Gasteiger partial charge in [-0.05, 0) is 37.6 Å². The van der Waals surface area contributed by atoms with E-state index in [0.29, 0.717) is 0 Å². The monoisotopic (exact) mass is 278 g/mol. The summed E-state index contributed by atoms with van der Waals surface area (Å²) < 4.78 is 0. The van der Waals surface area contributed by atoms with Gasteiger partial charge in [-0.1, -0.05) is 32.0 Å². The zero-order valence-electron chi connectivity index (χ0n) is 12.4. The Bertz CT molecular complexity index is 367. The third-order valence-electron chi connectivity index (χ3n) is 3.45. The molecule has 19 heavy (non-hydrogen) atoms. The number of nitrogens with one attached hydrogen (secondary N) is 1. The van der Waals surface area contributed by atoms with E-state index < -0.39 is 0 Å². The average Bonchev–Trinajstić information content (AvgIpc) is 2.76. The molecule has 1 aromatic carbocycles. The van der Waals surface area contributed by atoms with E-state index in [4.69, 9.17) is 0 Å². The molecule has 2 rings (SSSR count). The summed E-state index contributed by atoms with van der Waals surface area (Å²) in [7, 11) is 2.24. The average molecular weight is 278 g/mol. The Morgan fingerprint density at radius 1 is 1.37 bits per heavy atom. The number of hydrogen-bond donors (Lipinski definition) is 1. The van der Waals surface area contributed by atoms with E-state index in [0.717, 1.165) is 30.8 Å². The maximum Gasteiger partial charge on any atom is 0.0263 e. The van der Waals surface area contributed by atoms with Crippen molar-refractivity contribution in [2.75, 3.05) is 33.2 Å². The van der Waals surface area contributed by atoms with Gasteiger partial charge in [-0.3, -0.25) is 0 Å². The van der Waals surface area contributed by atoms with Gasteiger partial charge < -0.3 is 10.2 Å². The quantitative estimate of drug-likeness (QED) is 0.772. The molecule has 0 radical (unpaired) electrons. The molecule has 3 heteroatoms. The van der Waals surface area contributed by atoms with Crippen LogP contribution in [0.2, 0.25) is 0 Å². The number of likely N-dealkylation sites (N-methyl/N-ethyl adjacent to an activating group) is 1. The van der Waals surface area contributed by atoms with Gasteiger partial charge in [0.05, 0.1) is 0 Å². The first-order valence-electron chi connectivity index (χ1n) is 7.29. The minimum Gasteiger partial charge on any atom is -0.315 e. The zero-order chi connectivity index (χ0) is 13.7. The fourth-order valence-electron chi connectivity index (χ4n) is 2.46. The smallest absolute Gasteiger partial charge is 0.0263 e. The second kappa shape index (κ2) is 7.32. The highest BCUT2D eigenvalue weighted by atomic mass is 32.2. The van der Waals surface area contributed by atoms with Gasteiger partial charge >= 0.3 is 0 Å². The van der Waals surface area contributed by atoms with Crippen molar-refractivity contribution < 1.29 is 0 Å². The van der Waals surface area contributed by atoms with E-state index in [1.165, 1.54) is 23.4 Å². The lowest BCUT2D eigenvalue weighted by Gasteiger charge is -2.20. The van der Waals surface area contributed by atoms with Crippen LogP contribution in [0.3, 0.4) is 0 Å². The van der Waals surface area contributed by atoms with Gasteiger partial charge in [0.2, 0.25) is 0 Å². The third kappa shape index (κ3) is 4.83. The third-order valence-corrected chi connectivity index (χ3v) is 4.75. The van der Waals surface area contributed by atoms with Crippen molar-refractivity contribution in [1.29, 1.82) is 0 Å². The Hall–Kier alpha value is -0.510. The van der Waals surface area contributed by atoms with E-state index in [1.807, 2.05) is 11.8 Å². The molecule has 1 atom stereocenters. The van der Waals surface area contributed by atoms with E-state index in [2.05, 4.69) is 55.4 Å². The van der Waals surface area contributed by atoms with E-state index in [9.17, 15) is 0 Å². The molecule has 0 saturated carbocycles.